The lowest BCUT2D eigenvalue weighted by molar-refractivity contribution is 0.238. The molecule has 0 spiro atoms. The Bertz CT molecular complexity index is 397. The number of aliphatic hydroxyl groups excluding tert-OH is 1. The molecule has 0 saturated carbocycles. The summed E-state index contributed by atoms with van der Waals surface area (Å²) in [7, 11) is 0. The number of pyridine rings is 1. The average Bonchev–Trinajstić information content (AvgIpc) is 2.77. The Morgan fingerprint density at radius 1 is 1.69 bits per heavy atom. The molecule has 2 rings (SSSR count). The maximum atomic E-state index is 9.12. The fourth-order valence-electron chi connectivity index (χ4n) is 2.04. The lowest BCUT2D eigenvalue weighted by atomic mass is 10.1. The highest BCUT2D eigenvalue weighted by Gasteiger charge is 2.24. The first-order chi connectivity index (χ1) is 7.72. The number of nitrogens with two attached hydrogens (primary N) is 1. The van der Waals surface area contributed by atoms with Gasteiger partial charge in [0, 0.05) is 31.8 Å². The minimum Gasteiger partial charge on any atom is -0.396 e. The van der Waals surface area contributed by atoms with Gasteiger partial charge in [-0.1, -0.05) is 12.2 Å². The van der Waals surface area contributed by atoms with Crippen LogP contribution in [0.2, 0.25) is 0 Å². The number of hydrogen-bond donors (Lipinski definition) is 2. The zero-order chi connectivity index (χ0) is 11.5. The average molecular weight is 237 g/mol. The third-order valence-electron chi connectivity index (χ3n) is 2.90. The standard InChI is InChI=1S/C11H15N3OS/c12-11(16)10-9(2-1-4-13-10)14-5-3-8(6-14)7-15/h1-2,4,8,15H,3,5-7H2,(H2,12,16). The van der Waals surface area contributed by atoms with Crippen molar-refractivity contribution >= 4 is 22.9 Å². The molecule has 0 aliphatic carbocycles. The molecule has 1 aromatic rings. The molecule has 0 bridgehead atoms. The second kappa shape index (κ2) is 4.76. The van der Waals surface area contributed by atoms with Crippen LogP contribution in [-0.4, -0.2) is 34.8 Å². The molecule has 1 saturated heterocycles. The van der Waals surface area contributed by atoms with Crippen LogP contribution < -0.4 is 10.6 Å². The van der Waals surface area contributed by atoms with E-state index in [1.54, 1.807) is 6.20 Å². The van der Waals surface area contributed by atoms with E-state index >= 15 is 0 Å². The van der Waals surface area contributed by atoms with E-state index in [9.17, 15) is 0 Å². The summed E-state index contributed by atoms with van der Waals surface area (Å²) in [5, 5.41) is 9.12. The Morgan fingerprint density at radius 3 is 3.12 bits per heavy atom. The number of thiocarbonyl (C=S) groups is 1. The SMILES string of the molecule is NC(=S)c1ncccc1N1CCC(CO)C1. The summed E-state index contributed by atoms with van der Waals surface area (Å²) in [6.45, 7) is 2.00. The molecule has 5 heteroatoms. The fraction of sp³-hybridized carbons (Fsp3) is 0.455. The summed E-state index contributed by atoms with van der Waals surface area (Å²) < 4.78 is 0. The Morgan fingerprint density at radius 2 is 2.50 bits per heavy atom. The third kappa shape index (κ3) is 2.15. The Labute approximate surface area is 100 Å². The summed E-state index contributed by atoms with van der Waals surface area (Å²) in [5.74, 6) is 0.347. The predicted octanol–water partition coefficient (Wildman–Crippen LogP) is 0.534. The highest BCUT2D eigenvalue weighted by atomic mass is 32.1. The summed E-state index contributed by atoms with van der Waals surface area (Å²) in [5.41, 5.74) is 7.30. The topological polar surface area (TPSA) is 62.4 Å². The Kier molecular flexibility index (Phi) is 3.36. The van der Waals surface area contributed by atoms with E-state index in [0.717, 1.165) is 25.2 Å². The van der Waals surface area contributed by atoms with Gasteiger partial charge in [-0.15, -0.1) is 0 Å². The van der Waals surface area contributed by atoms with Crippen LogP contribution in [0.5, 0.6) is 0 Å². The van der Waals surface area contributed by atoms with Crippen molar-refractivity contribution in [2.45, 2.75) is 6.42 Å². The van der Waals surface area contributed by atoms with Crippen molar-refractivity contribution in [1.82, 2.24) is 4.98 Å². The highest BCUT2D eigenvalue weighted by Crippen LogP contribution is 2.25. The molecular weight excluding hydrogens is 222 g/mol. The normalized spacial score (nSPS) is 20.1. The van der Waals surface area contributed by atoms with E-state index in [4.69, 9.17) is 23.1 Å². The summed E-state index contributed by atoms with van der Waals surface area (Å²) in [6.07, 6.45) is 2.69. The number of rotatable bonds is 3. The largest absolute Gasteiger partial charge is 0.396 e. The van der Waals surface area contributed by atoms with Gasteiger partial charge in [0.25, 0.3) is 0 Å². The van der Waals surface area contributed by atoms with Crippen LogP contribution in [0, 0.1) is 5.92 Å². The Hall–Kier alpha value is -1.20. The third-order valence-corrected chi connectivity index (χ3v) is 3.10. The van der Waals surface area contributed by atoms with Gasteiger partial charge in [-0.3, -0.25) is 4.98 Å². The van der Waals surface area contributed by atoms with E-state index in [-0.39, 0.29) is 6.61 Å². The van der Waals surface area contributed by atoms with Gasteiger partial charge in [0.15, 0.2) is 0 Å². The van der Waals surface area contributed by atoms with Crippen LogP contribution in [-0.2, 0) is 0 Å². The van der Waals surface area contributed by atoms with Gasteiger partial charge in [-0.2, -0.15) is 0 Å². The number of aliphatic hydroxyl groups is 1. The molecule has 86 valence electrons. The summed E-state index contributed by atoms with van der Waals surface area (Å²) in [4.78, 5) is 6.71. The lowest BCUT2D eigenvalue weighted by Gasteiger charge is -2.20. The van der Waals surface area contributed by atoms with E-state index in [0.29, 0.717) is 16.6 Å². The van der Waals surface area contributed by atoms with Crippen LogP contribution >= 0.6 is 12.2 Å². The zero-order valence-corrected chi connectivity index (χ0v) is 9.78. The highest BCUT2D eigenvalue weighted by molar-refractivity contribution is 7.80. The molecule has 1 aromatic heterocycles. The fourth-order valence-corrected chi connectivity index (χ4v) is 2.20. The molecule has 1 unspecified atom stereocenters. The van der Waals surface area contributed by atoms with Crippen LogP contribution in [0.15, 0.2) is 18.3 Å². The molecular formula is C11H15N3OS. The van der Waals surface area contributed by atoms with Crippen molar-refractivity contribution in [3.8, 4) is 0 Å². The lowest BCUT2D eigenvalue weighted by Crippen LogP contribution is -2.25. The van der Waals surface area contributed by atoms with Crippen molar-refractivity contribution < 1.29 is 5.11 Å². The monoisotopic (exact) mass is 237 g/mol. The quantitative estimate of drug-likeness (QED) is 0.751. The minimum atomic E-state index is 0.235. The zero-order valence-electron chi connectivity index (χ0n) is 8.97. The number of nitrogens with zero attached hydrogens (tertiary/aromatic N) is 2. The van der Waals surface area contributed by atoms with Gasteiger partial charge >= 0.3 is 0 Å². The molecule has 1 atom stereocenters. The molecule has 1 aliphatic heterocycles. The van der Waals surface area contributed by atoms with Gasteiger partial charge in [-0.25, -0.2) is 0 Å². The molecule has 0 amide bonds. The summed E-state index contributed by atoms with van der Waals surface area (Å²) in [6, 6.07) is 3.85. The first-order valence-electron chi connectivity index (χ1n) is 5.33. The first-order valence-corrected chi connectivity index (χ1v) is 5.74. The van der Waals surface area contributed by atoms with E-state index in [1.807, 2.05) is 12.1 Å². The number of aromatic nitrogens is 1. The molecule has 1 aliphatic rings. The molecule has 0 aromatic carbocycles. The van der Waals surface area contributed by atoms with Gasteiger partial charge in [-0.05, 0) is 18.6 Å². The summed E-state index contributed by atoms with van der Waals surface area (Å²) >= 11 is 4.98. The van der Waals surface area contributed by atoms with Gasteiger partial charge in [0.1, 0.15) is 10.7 Å². The second-order valence-electron chi connectivity index (χ2n) is 4.02. The first kappa shape index (κ1) is 11.3. The number of hydrogen-bond acceptors (Lipinski definition) is 4. The van der Waals surface area contributed by atoms with Crippen LogP contribution in [0.3, 0.4) is 0 Å². The minimum absolute atomic E-state index is 0.235. The maximum Gasteiger partial charge on any atom is 0.124 e. The van der Waals surface area contributed by atoms with Gasteiger partial charge < -0.3 is 15.7 Å². The van der Waals surface area contributed by atoms with Crippen molar-refractivity contribution in [3.63, 3.8) is 0 Å². The van der Waals surface area contributed by atoms with E-state index < -0.39 is 0 Å². The second-order valence-corrected chi connectivity index (χ2v) is 4.46. The molecule has 2 heterocycles. The molecule has 0 radical (unpaired) electrons. The van der Waals surface area contributed by atoms with Crippen molar-refractivity contribution in [1.29, 1.82) is 0 Å². The van der Waals surface area contributed by atoms with Gasteiger partial charge in [0.2, 0.25) is 0 Å². The van der Waals surface area contributed by atoms with Crippen LogP contribution in [0.1, 0.15) is 12.1 Å². The molecule has 3 N–H and O–H groups in total. The van der Waals surface area contributed by atoms with E-state index in [2.05, 4.69) is 9.88 Å². The van der Waals surface area contributed by atoms with Crippen LogP contribution in [0.4, 0.5) is 5.69 Å². The maximum absolute atomic E-state index is 9.12. The predicted molar refractivity (Wildman–Crippen MR) is 67.5 cm³/mol. The van der Waals surface area contributed by atoms with E-state index in [1.165, 1.54) is 0 Å². The van der Waals surface area contributed by atoms with Gasteiger partial charge in [0.05, 0.1) is 5.69 Å². The number of anilines is 1. The van der Waals surface area contributed by atoms with Crippen molar-refractivity contribution in [2.75, 3.05) is 24.6 Å². The Balaban J connectivity index is 2.24. The molecule has 16 heavy (non-hydrogen) atoms. The van der Waals surface area contributed by atoms with Crippen molar-refractivity contribution in [2.24, 2.45) is 11.7 Å². The smallest absolute Gasteiger partial charge is 0.124 e. The van der Waals surface area contributed by atoms with Crippen molar-refractivity contribution in [3.05, 3.63) is 24.0 Å². The van der Waals surface area contributed by atoms with Crippen LogP contribution in [0.25, 0.3) is 0 Å². The molecule has 4 nitrogen and oxygen atoms in total. The molecule has 1 fully saturated rings.